The van der Waals surface area contributed by atoms with Crippen LogP contribution in [0.5, 0.6) is 0 Å². The molecule has 0 bridgehead atoms. The summed E-state index contributed by atoms with van der Waals surface area (Å²) in [5.74, 6) is -0.261. The summed E-state index contributed by atoms with van der Waals surface area (Å²) < 4.78 is 0. The van der Waals surface area contributed by atoms with Crippen molar-refractivity contribution in [3.63, 3.8) is 0 Å². The summed E-state index contributed by atoms with van der Waals surface area (Å²) in [6, 6.07) is 12.7. The molecular formula is C19H20ClN3O2. The molecule has 2 amide bonds. The van der Waals surface area contributed by atoms with Crippen molar-refractivity contribution in [3.8, 4) is 0 Å². The van der Waals surface area contributed by atoms with Gasteiger partial charge in [-0.3, -0.25) is 9.59 Å². The van der Waals surface area contributed by atoms with E-state index in [0.29, 0.717) is 22.3 Å². The van der Waals surface area contributed by atoms with Crippen LogP contribution in [0.15, 0.2) is 42.5 Å². The van der Waals surface area contributed by atoms with E-state index in [1.807, 2.05) is 13.0 Å². The fraction of sp³-hybridized carbons (Fsp3) is 0.263. The van der Waals surface area contributed by atoms with Crippen LogP contribution >= 0.6 is 11.6 Å². The Morgan fingerprint density at radius 1 is 1.16 bits per heavy atom. The lowest BCUT2D eigenvalue weighted by Crippen LogP contribution is -2.26. The van der Waals surface area contributed by atoms with E-state index < -0.39 is 0 Å². The maximum absolute atomic E-state index is 12.1. The van der Waals surface area contributed by atoms with Gasteiger partial charge in [0, 0.05) is 28.0 Å². The van der Waals surface area contributed by atoms with Crippen molar-refractivity contribution in [2.45, 2.75) is 25.8 Å². The first-order chi connectivity index (χ1) is 12.0. The average Bonchev–Trinajstić information content (AvgIpc) is 3.38. The van der Waals surface area contributed by atoms with Gasteiger partial charge in [-0.2, -0.15) is 0 Å². The highest BCUT2D eigenvalue weighted by molar-refractivity contribution is 6.30. The van der Waals surface area contributed by atoms with Crippen molar-refractivity contribution in [3.05, 3.63) is 58.6 Å². The highest BCUT2D eigenvalue weighted by Gasteiger charge is 2.23. The Morgan fingerprint density at radius 2 is 1.96 bits per heavy atom. The Morgan fingerprint density at radius 3 is 2.68 bits per heavy atom. The molecular weight excluding hydrogens is 338 g/mol. The van der Waals surface area contributed by atoms with Crippen molar-refractivity contribution in [2.24, 2.45) is 0 Å². The van der Waals surface area contributed by atoms with E-state index in [1.165, 1.54) is 0 Å². The van der Waals surface area contributed by atoms with E-state index >= 15 is 0 Å². The maximum Gasteiger partial charge on any atom is 0.251 e. The molecule has 1 aliphatic carbocycles. The van der Waals surface area contributed by atoms with E-state index in [4.69, 9.17) is 11.6 Å². The largest absolute Gasteiger partial charge is 0.376 e. The summed E-state index contributed by atoms with van der Waals surface area (Å²) in [6.07, 6.45) is 2.10. The van der Waals surface area contributed by atoms with Gasteiger partial charge >= 0.3 is 0 Å². The van der Waals surface area contributed by atoms with Crippen LogP contribution in [0.1, 0.15) is 28.8 Å². The van der Waals surface area contributed by atoms with Gasteiger partial charge < -0.3 is 16.0 Å². The lowest BCUT2D eigenvalue weighted by molar-refractivity contribution is -0.114. The monoisotopic (exact) mass is 357 g/mol. The number of aryl methyl sites for hydroxylation is 1. The Hall–Kier alpha value is -2.53. The zero-order valence-electron chi connectivity index (χ0n) is 13.9. The van der Waals surface area contributed by atoms with Gasteiger partial charge in [0.15, 0.2) is 0 Å². The summed E-state index contributed by atoms with van der Waals surface area (Å²) in [5, 5.41) is 9.39. The average molecular weight is 358 g/mol. The van der Waals surface area contributed by atoms with Crippen molar-refractivity contribution in [1.29, 1.82) is 0 Å². The molecule has 0 spiro atoms. The molecule has 2 aromatic carbocycles. The van der Waals surface area contributed by atoms with E-state index in [9.17, 15) is 9.59 Å². The van der Waals surface area contributed by atoms with E-state index in [-0.39, 0.29) is 18.4 Å². The predicted molar refractivity (Wildman–Crippen MR) is 100 cm³/mol. The van der Waals surface area contributed by atoms with Crippen LogP contribution in [0, 0.1) is 6.92 Å². The quantitative estimate of drug-likeness (QED) is 0.740. The molecule has 0 unspecified atom stereocenters. The molecule has 1 fully saturated rings. The van der Waals surface area contributed by atoms with Crippen LogP contribution in [-0.2, 0) is 4.79 Å². The summed E-state index contributed by atoms with van der Waals surface area (Å²) >= 11 is 5.90. The van der Waals surface area contributed by atoms with Crippen LogP contribution in [-0.4, -0.2) is 24.4 Å². The summed E-state index contributed by atoms with van der Waals surface area (Å²) in [6.45, 7) is 2.03. The van der Waals surface area contributed by atoms with Gasteiger partial charge in [0.25, 0.3) is 5.91 Å². The number of hydrogen-bond donors (Lipinski definition) is 3. The Labute approximate surface area is 151 Å². The Balaban J connectivity index is 1.59. The normalized spacial score (nSPS) is 13.2. The Kier molecular flexibility index (Phi) is 5.24. The van der Waals surface area contributed by atoms with Gasteiger partial charge in [-0.15, -0.1) is 0 Å². The third-order valence-electron chi connectivity index (χ3n) is 3.96. The van der Waals surface area contributed by atoms with Gasteiger partial charge in [-0.05, 0) is 55.7 Å². The number of halogens is 1. The van der Waals surface area contributed by atoms with E-state index in [1.54, 1.807) is 36.4 Å². The predicted octanol–water partition coefficient (Wildman–Crippen LogP) is 3.59. The highest BCUT2D eigenvalue weighted by Crippen LogP contribution is 2.21. The molecule has 130 valence electrons. The third-order valence-corrected chi connectivity index (χ3v) is 4.20. The van der Waals surface area contributed by atoms with E-state index in [2.05, 4.69) is 16.0 Å². The van der Waals surface area contributed by atoms with Crippen molar-refractivity contribution >= 4 is 34.8 Å². The van der Waals surface area contributed by atoms with E-state index in [0.717, 1.165) is 24.1 Å². The van der Waals surface area contributed by atoms with Gasteiger partial charge in [-0.25, -0.2) is 0 Å². The number of carbonyl (C=O) groups excluding carboxylic acids is 2. The number of carbonyl (C=O) groups is 2. The zero-order chi connectivity index (χ0) is 17.8. The van der Waals surface area contributed by atoms with Crippen LogP contribution in [0.4, 0.5) is 11.4 Å². The number of hydrogen-bond acceptors (Lipinski definition) is 3. The highest BCUT2D eigenvalue weighted by atomic mass is 35.5. The standard InChI is InChI=1S/C19H20ClN3O2/c1-12-5-6-13(19(25)23-15-7-8-15)9-17(12)21-11-18(24)22-16-4-2-3-14(20)10-16/h2-6,9-10,15,21H,7-8,11H2,1H3,(H,22,24)(H,23,25). The fourth-order valence-corrected chi connectivity index (χ4v) is 2.59. The van der Waals surface area contributed by atoms with Gasteiger partial charge in [0.2, 0.25) is 5.91 Å². The first-order valence-electron chi connectivity index (χ1n) is 8.22. The molecule has 3 rings (SSSR count). The molecule has 0 radical (unpaired) electrons. The van der Waals surface area contributed by atoms with Crippen LogP contribution in [0.25, 0.3) is 0 Å². The second kappa shape index (κ2) is 7.57. The molecule has 5 nitrogen and oxygen atoms in total. The minimum absolute atomic E-state index is 0.0751. The van der Waals surface area contributed by atoms with Crippen LogP contribution in [0.2, 0.25) is 5.02 Å². The van der Waals surface area contributed by atoms with Gasteiger partial charge in [0.1, 0.15) is 0 Å². The molecule has 0 heterocycles. The number of amides is 2. The number of rotatable bonds is 6. The second-order valence-corrected chi connectivity index (χ2v) is 6.63. The van der Waals surface area contributed by atoms with Crippen molar-refractivity contribution in [1.82, 2.24) is 5.32 Å². The molecule has 1 saturated carbocycles. The van der Waals surface area contributed by atoms with Crippen molar-refractivity contribution in [2.75, 3.05) is 17.2 Å². The lowest BCUT2D eigenvalue weighted by Gasteiger charge is -2.12. The maximum atomic E-state index is 12.1. The number of anilines is 2. The summed E-state index contributed by atoms with van der Waals surface area (Å²) in [5.41, 5.74) is 2.98. The first-order valence-corrected chi connectivity index (χ1v) is 8.60. The van der Waals surface area contributed by atoms with Gasteiger partial charge in [-0.1, -0.05) is 23.7 Å². The Bertz CT molecular complexity index is 803. The SMILES string of the molecule is Cc1ccc(C(=O)NC2CC2)cc1NCC(=O)Nc1cccc(Cl)c1. The van der Waals surface area contributed by atoms with Gasteiger partial charge in [0.05, 0.1) is 6.54 Å². The van der Waals surface area contributed by atoms with Crippen LogP contribution in [0.3, 0.4) is 0 Å². The first kappa shape index (κ1) is 17.3. The fourth-order valence-electron chi connectivity index (χ4n) is 2.40. The minimum atomic E-state index is -0.186. The molecule has 0 aliphatic heterocycles. The molecule has 1 aliphatic rings. The molecule has 0 atom stereocenters. The molecule has 0 saturated heterocycles. The van der Waals surface area contributed by atoms with Crippen molar-refractivity contribution < 1.29 is 9.59 Å². The number of benzene rings is 2. The second-order valence-electron chi connectivity index (χ2n) is 6.19. The molecule has 0 aromatic heterocycles. The third kappa shape index (κ3) is 4.97. The lowest BCUT2D eigenvalue weighted by atomic mass is 10.1. The molecule has 3 N–H and O–H groups in total. The number of nitrogens with one attached hydrogen (secondary N) is 3. The smallest absolute Gasteiger partial charge is 0.251 e. The van der Waals surface area contributed by atoms with Crippen LogP contribution < -0.4 is 16.0 Å². The minimum Gasteiger partial charge on any atom is -0.376 e. The molecule has 2 aromatic rings. The topological polar surface area (TPSA) is 70.2 Å². The summed E-state index contributed by atoms with van der Waals surface area (Å²) in [4.78, 5) is 24.2. The molecule has 25 heavy (non-hydrogen) atoms. The summed E-state index contributed by atoms with van der Waals surface area (Å²) in [7, 11) is 0. The zero-order valence-corrected chi connectivity index (χ0v) is 14.7. The molecule has 6 heteroatoms.